The molecule has 0 saturated carbocycles. The van der Waals surface area contributed by atoms with Gasteiger partial charge in [0.15, 0.2) is 0 Å². The number of carbonyl (C=O) groups is 1. The van der Waals surface area contributed by atoms with E-state index in [1.54, 1.807) is 17.7 Å². The second-order valence-corrected chi connectivity index (χ2v) is 8.66. The minimum absolute atomic E-state index is 0.0746. The standard InChI is InChI=1S/C23H30N4O2S/c1-16(2)29-14-8-13-24-19(28)11-7-12-25-22-21-20(18-9-5-4-6-10-18)17(3)30-23(21)27-15-26-22/h4-6,9-10,15-16H,7-8,11-14H2,1-3H3,(H,24,28)(H,25,26,27). The molecule has 0 saturated heterocycles. The maximum atomic E-state index is 12.0. The molecule has 0 atom stereocenters. The molecular weight excluding hydrogens is 396 g/mol. The molecule has 2 aromatic heterocycles. The average molecular weight is 427 g/mol. The largest absolute Gasteiger partial charge is 0.379 e. The summed E-state index contributed by atoms with van der Waals surface area (Å²) in [5, 5.41) is 7.42. The maximum Gasteiger partial charge on any atom is 0.220 e. The van der Waals surface area contributed by atoms with Gasteiger partial charge in [0.1, 0.15) is 17.0 Å². The van der Waals surface area contributed by atoms with E-state index >= 15 is 0 Å². The van der Waals surface area contributed by atoms with Gasteiger partial charge in [-0.05, 0) is 39.2 Å². The first-order chi connectivity index (χ1) is 14.6. The zero-order chi connectivity index (χ0) is 21.3. The Bertz CT molecular complexity index is 956. The van der Waals surface area contributed by atoms with E-state index in [0.717, 1.165) is 28.9 Å². The van der Waals surface area contributed by atoms with Crippen LogP contribution in [0.15, 0.2) is 36.7 Å². The van der Waals surface area contributed by atoms with Gasteiger partial charge < -0.3 is 15.4 Å². The van der Waals surface area contributed by atoms with Crippen LogP contribution >= 0.6 is 11.3 Å². The van der Waals surface area contributed by atoms with Gasteiger partial charge in [-0.3, -0.25) is 4.79 Å². The lowest BCUT2D eigenvalue weighted by atomic mass is 10.0. The SMILES string of the molecule is Cc1sc2ncnc(NCCCC(=O)NCCCOC(C)C)c2c1-c1ccccc1. The molecule has 3 rings (SSSR count). The van der Waals surface area contributed by atoms with Crippen molar-refractivity contribution < 1.29 is 9.53 Å². The zero-order valence-electron chi connectivity index (χ0n) is 17.9. The van der Waals surface area contributed by atoms with E-state index in [1.165, 1.54) is 16.0 Å². The van der Waals surface area contributed by atoms with Crippen LogP contribution in [-0.2, 0) is 9.53 Å². The van der Waals surface area contributed by atoms with Gasteiger partial charge in [-0.1, -0.05) is 30.3 Å². The maximum absolute atomic E-state index is 12.0. The molecule has 30 heavy (non-hydrogen) atoms. The monoisotopic (exact) mass is 426 g/mol. The average Bonchev–Trinajstić information content (AvgIpc) is 3.08. The first-order valence-electron chi connectivity index (χ1n) is 10.5. The Hall–Kier alpha value is -2.51. The molecule has 0 unspecified atom stereocenters. The van der Waals surface area contributed by atoms with E-state index in [2.05, 4.69) is 39.7 Å². The summed E-state index contributed by atoms with van der Waals surface area (Å²) in [6.07, 6.45) is 3.89. The van der Waals surface area contributed by atoms with Crippen LogP contribution in [0, 0.1) is 6.92 Å². The molecule has 1 aromatic carbocycles. The van der Waals surface area contributed by atoms with Gasteiger partial charge >= 0.3 is 0 Å². The van der Waals surface area contributed by atoms with Crippen molar-refractivity contribution in [2.24, 2.45) is 0 Å². The molecular formula is C23H30N4O2S. The number of nitrogens with one attached hydrogen (secondary N) is 2. The fourth-order valence-corrected chi connectivity index (χ4v) is 4.31. The molecule has 0 spiro atoms. The zero-order valence-corrected chi connectivity index (χ0v) is 18.7. The molecule has 2 heterocycles. The molecule has 0 aliphatic rings. The summed E-state index contributed by atoms with van der Waals surface area (Å²) in [6, 6.07) is 10.3. The van der Waals surface area contributed by atoms with E-state index in [0.29, 0.717) is 26.1 Å². The number of aromatic nitrogens is 2. The predicted molar refractivity (Wildman–Crippen MR) is 124 cm³/mol. The molecule has 0 aliphatic heterocycles. The third-order valence-corrected chi connectivity index (χ3v) is 5.71. The summed E-state index contributed by atoms with van der Waals surface area (Å²) >= 11 is 1.68. The summed E-state index contributed by atoms with van der Waals surface area (Å²) in [6.45, 7) is 8.15. The fraction of sp³-hybridized carbons (Fsp3) is 0.435. The number of fused-ring (bicyclic) bond motifs is 1. The Kier molecular flexibility index (Phi) is 8.16. The van der Waals surface area contributed by atoms with Gasteiger partial charge in [0, 0.05) is 36.6 Å². The van der Waals surface area contributed by atoms with Crippen LogP contribution in [-0.4, -0.2) is 41.7 Å². The molecule has 0 radical (unpaired) electrons. The number of thiophene rings is 1. The van der Waals surface area contributed by atoms with Crippen molar-refractivity contribution in [2.75, 3.05) is 25.0 Å². The smallest absolute Gasteiger partial charge is 0.220 e. The molecule has 7 heteroatoms. The summed E-state index contributed by atoms with van der Waals surface area (Å²) in [7, 11) is 0. The Labute approximate surface area is 182 Å². The second kappa shape index (κ2) is 11.0. The van der Waals surface area contributed by atoms with Crippen molar-refractivity contribution in [3.8, 4) is 11.1 Å². The van der Waals surface area contributed by atoms with Gasteiger partial charge in [0.2, 0.25) is 5.91 Å². The Morgan fingerprint density at radius 2 is 1.93 bits per heavy atom. The molecule has 6 nitrogen and oxygen atoms in total. The lowest BCUT2D eigenvalue weighted by Crippen LogP contribution is -2.25. The highest BCUT2D eigenvalue weighted by molar-refractivity contribution is 7.19. The van der Waals surface area contributed by atoms with Crippen molar-refractivity contribution in [2.45, 2.75) is 46.1 Å². The number of anilines is 1. The Balaban J connectivity index is 1.54. The van der Waals surface area contributed by atoms with Crippen LogP contribution in [0.3, 0.4) is 0 Å². The first kappa shape index (κ1) is 22.2. The second-order valence-electron chi connectivity index (χ2n) is 7.46. The van der Waals surface area contributed by atoms with Crippen LogP contribution in [0.5, 0.6) is 0 Å². The molecule has 3 aromatic rings. The van der Waals surface area contributed by atoms with Gasteiger partial charge in [0.25, 0.3) is 0 Å². The van der Waals surface area contributed by atoms with Gasteiger partial charge in [-0.25, -0.2) is 9.97 Å². The van der Waals surface area contributed by atoms with Gasteiger partial charge in [0.05, 0.1) is 11.5 Å². The molecule has 2 N–H and O–H groups in total. The lowest BCUT2D eigenvalue weighted by Gasteiger charge is -2.10. The number of hydrogen-bond acceptors (Lipinski definition) is 6. The summed E-state index contributed by atoms with van der Waals surface area (Å²) in [5.41, 5.74) is 2.35. The van der Waals surface area contributed by atoms with Crippen molar-refractivity contribution in [3.63, 3.8) is 0 Å². The highest BCUT2D eigenvalue weighted by Crippen LogP contribution is 2.40. The third-order valence-electron chi connectivity index (χ3n) is 4.69. The molecule has 160 valence electrons. The van der Waals surface area contributed by atoms with Crippen LogP contribution in [0.25, 0.3) is 21.3 Å². The summed E-state index contributed by atoms with van der Waals surface area (Å²) in [4.78, 5) is 23.1. The van der Waals surface area contributed by atoms with Crippen LogP contribution in [0.1, 0.15) is 38.0 Å². The van der Waals surface area contributed by atoms with Crippen molar-refractivity contribution in [3.05, 3.63) is 41.5 Å². The van der Waals surface area contributed by atoms with Gasteiger partial charge in [-0.15, -0.1) is 11.3 Å². The number of carbonyl (C=O) groups excluding carboxylic acids is 1. The van der Waals surface area contributed by atoms with Crippen molar-refractivity contribution >= 4 is 33.3 Å². The molecule has 1 amide bonds. The minimum Gasteiger partial charge on any atom is -0.379 e. The molecule has 0 bridgehead atoms. The number of aryl methyl sites for hydroxylation is 1. The van der Waals surface area contributed by atoms with E-state index in [4.69, 9.17) is 4.74 Å². The van der Waals surface area contributed by atoms with E-state index in [1.807, 2.05) is 32.0 Å². The van der Waals surface area contributed by atoms with Crippen molar-refractivity contribution in [1.29, 1.82) is 0 Å². The highest BCUT2D eigenvalue weighted by atomic mass is 32.1. The number of ether oxygens (including phenoxy) is 1. The predicted octanol–water partition coefficient (Wildman–Crippen LogP) is 4.79. The first-order valence-corrected chi connectivity index (χ1v) is 11.3. The highest BCUT2D eigenvalue weighted by Gasteiger charge is 2.16. The topological polar surface area (TPSA) is 76.1 Å². The van der Waals surface area contributed by atoms with Gasteiger partial charge in [-0.2, -0.15) is 0 Å². The Morgan fingerprint density at radius 1 is 1.13 bits per heavy atom. The lowest BCUT2D eigenvalue weighted by molar-refractivity contribution is -0.121. The van der Waals surface area contributed by atoms with Crippen LogP contribution in [0.4, 0.5) is 5.82 Å². The van der Waals surface area contributed by atoms with Crippen LogP contribution in [0.2, 0.25) is 0 Å². The molecule has 0 aliphatic carbocycles. The van der Waals surface area contributed by atoms with Crippen LogP contribution < -0.4 is 10.6 Å². The van der Waals surface area contributed by atoms with E-state index in [9.17, 15) is 4.79 Å². The third kappa shape index (κ3) is 6.00. The normalized spacial score (nSPS) is 11.2. The minimum atomic E-state index is 0.0746. The van der Waals surface area contributed by atoms with E-state index in [-0.39, 0.29) is 12.0 Å². The quantitative estimate of drug-likeness (QED) is 0.431. The molecule has 0 fully saturated rings. The fourth-order valence-electron chi connectivity index (χ4n) is 3.29. The van der Waals surface area contributed by atoms with Crippen molar-refractivity contribution in [1.82, 2.24) is 15.3 Å². The number of hydrogen-bond donors (Lipinski definition) is 2. The number of rotatable bonds is 11. The number of nitrogens with zero attached hydrogens (tertiary/aromatic N) is 2. The number of amides is 1. The Morgan fingerprint density at radius 3 is 2.70 bits per heavy atom. The summed E-state index contributed by atoms with van der Waals surface area (Å²) < 4.78 is 5.48. The summed E-state index contributed by atoms with van der Waals surface area (Å²) in [5.74, 6) is 0.903. The van der Waals surface area contributed by atoms with E-state index < -0.39 is 0 Å². The number of benzene rings is 1.